The minimum absolute atomic E-state index is 0.102. The Labute approximate surface area is 209 Å². The molecule has 1 saturated heterocycles. The number of carbonyl (C=O) groups excluding carboxylic acids is 1. The molecule has 174 valence electrons. The van der Waals surface area contributed by atoms with E-state index in [2.05, 4.69) is 85.7 Å². The van der Waals surface area contributed by atoms with E-state index in [-0.39, 0.29) is 5.91 Å². The summed E-state index contributed by atoms with van der Waals surface area (Å²) in [6.45, 7) is 4.64. The monoisotopic (exact) mass is 516 g/mol. The third kappa shape index (κ3) is 4.60. The topological polar surface area (TPSA) is 49.6 Å². The highest BCUT2D eigenvalue weighted by Crippen LogP contribution is 2.30. The average Bonchev–Trinajstić information content (AvgIpc) is 3.28. The third-order valence-electron chi connectivity index (χ3n) is 6.75. The molecule has 5 rings (SSSR count). The van der Waals surface area contributed by atoms with Gasteiger partial charge in [-0.2, -0.15) is 0 Å². The molecule has 0 bridgehead atoms. The number of amides is 1. The lowest BCUT2D eigenvalue weighted by atomic mass is 9.89. The second-order valence-corrected chi connectivity index (χ2v) is 9.69. The van der Waals surface area contributed by atoms with Gasteiger partial charge in [0.25, 0.3) is 5.91 Å². The van der Waals surface area contributed by atoms with E-state index in [1.807, 2.05) is 29.7 Å². The van der Waals surface area contributed by atoms with Crippen molar-refractivity contribution in [3.8, 4) is 0 Å². The Morgan fingerprint density at radius 3 is 2.47 bits per heavy atom. The van der Waals surface area contributed by atoms with Crippen LogP contribution in [-0.2, 0) is 13.0 Å². The lowest BCUT2D eigenvalue weighted by molar-refractivity contribution is 0.0944. The maximum Gasteiger partial charge on any atom is 0.270 e. The van der Waals surface area contributed by atoms with Crippen molar-refractivity contribution in [1.82, 2.24) is 14.7 Å². The maximum atomic E-state index is 13.1. The number of anilines is 1. The number of carbonyl (C=O) groups is 1. The summed E-state index contributed by atoms with van der Waals surface area (Å²) in [5, 5.41) is 3.08. The highest BCUT2D eigenvalue weighted by atomic mass is 79.9. The van der Waals surface area contributed by atoms with E-state index in [0.29, 0.717) is 24.6 Å². The van der Waals surface area contributed by atoms with Crippen LogP contribution in [0.3, 0.4) is 0 Å². The van der Waals surface area contributed by atoms with E-state index in [1.54, 1.807) is 0 Å². The quantitative estimate of drug-likeness (QED) is 0.343. The fourth-order valence-electron chi connectivity index (χ4n) is 4.86. The van der Waals surface area contributed by atoms with Crippen LogP contribution in [0.4, 0.5) is 5.69 Å². The predicted molar refractivity (Wildman–Crippen MR) is 141 cm³/mol. The molecule has 5 nitrogen and oxygen atoms in total. The summed E-state index contributed by atoms with van der Waals surface area (Å²) in [5.41, 5.74) is 5.98. The predicted octanol–water partition coefficient (Wildman–Crippen LogP) is 5.97. The van der Waals surface area contributed by atoms with E-state index in [4.69, 9.17) is 0 Å². The Hall–Kier alpha value is -3.12. The minimum atomic E-state index is -0.102. The normalized spacial score (nSPS) is 14.5. The summed E-state index contributed by atoms with van der Waals surface area (Å²) in [4.78, 5) is 20.2. The van der Waals surface area contributed by atoms with Crippen molar-refractivity contribution in [2.75, 3.05) is 18.0 Å². The van der Waals surface area contributed by atoms with Crippen LogP contribution >= 0.6 is 15.9 Å². The van der Waals surface area contributed by atoms with Crippen LogP contribution in [0.1, 0.15) is 53.0 Å². The lowest BCUT2D eigenvalue weighted by Crippen LogP contribution is -2.32. The van der Waals surface area contributed by atoms with Crippen molar-refractivity contribution in [2.45, 2.75) is 38.6 Å². The van der Waals surface area contributed by atoms with Gasteiger partial charge in [0, 0.05) is 31.5 Å². The highest BCUT2D eigenvalue weighted by molar-refractivity contribution is 9.10. The number of hydrogen-bond acceptors (Lipinski definition) is 3. The second-order valence-electron chi connectivity index (χ2n) is 8.83. The molecule has 2 aromatic carbocycles. The van der Waals surface area contributed by atoms with E-state index in [0.717, 1.165) is 34.5 Å². The van der Waals surface area contributed by atoms with E-state index in [9.17, 15) is 4.79 Å². The molecule has 1 amide bonds. The van der Waals surface area contributed by atoms with Crippen molar-refractivity contribution in [2.24, 2.45) is 0 Å². The molecular formula is C28H29BrN4O. The van der Waals surface area contributed by atoms with Gasteiger partial charge in [0.1, 0.15) is 5.69 Å². The van der Waals surface area contributed by atoms with Gasteiger partial charge in [-0.1, -0.05) is 49.4 Å². The molecular weight excluding hydrogens is 488 g/mol. The van der Waals surface area contributed by atoms with Gasteiger partial charge >= 0.3 is 0 Å². The number of aryl methyl sites for hydroxylation is 1. The number of aromatic nitrogens is 2. The first-order valence-electron chi connectivity index (χ1n) is 12.0. The number of nitrogens with one attached hydrogen (secondary N) is 1. The standard InChI is InChI=1S/C28H29BrN4O/c1-2-25-26(33-16-6-9-24(29)27(33)31-25)28(34)30-19-20-10-12-23(13-11-20)32-17-14-22(15-18-32)21-7-4-3-5-8-21/h3-13,16,22H,2,14-15,17-19H2,1H3,(H,30,34). The Kier molecular flexibility index (Phi) is 6.68. The van der Waals surface area contributed by atoms with Gasteiger partial charge in [-0.3, -0.25) is 9.20 Å². The van der Waals surface area contributed by atoms with E-state index < -0.39 is 0 Å². The molecule has 1 aliphatic heterocycles. The van der Waals surface area contributed by atoms with Gasteiger partial charge in [0.15, 0.2) is 5.65 Å². The van der Waals surface area contributed by atoms with Crippen molar-refractivity contribution < 1.29 is 4.79 Å². The summed E-state index contributed by atoms with van der Waals surface area (Å²) >= 11 is 3.53. The third-order valence-corrected chi connectivity index (χ3v) is 7.36. The summed E-state index contributed by atoms with van der Waals surface area (Å²) < 4.78 is 2.74. The van der Waals surface area contributed by atoms with Crippen LogP contribution in [0.5, 0.6) is 0 Å². The van der Waals surface area contributed by atoms with Gasteiger partial charge < -0.3 is 10.2 Å². The summed E-state index contributed by atoms with van der Waals surface area (Å²) in [6.07, 6.45) is 4.94. The van der Waals surface area contributed by atoms with Crippen LogP contribution < -0.4 is 10.2 Å². The second kappa shape index (κ2) is 10.0. The fourth-order valence-corrected chi connectivity index (χ4v) is 5.29. The van der Waals surface area contributed by atoms with Crippen LogP contribution in [0, 0.1) is 0 Å². The summed E-state index contributed by atoms with van der Waals surface area (Å²) in [7, 11) is 0. The van der Waals surface area contributed by atoms with Gasteiger partial charge in [-0.05, 0) is 76.5 Å². The number of piperidine rings is 1. The Bertz CT molecular complexity index is 1280. The molecule has 0 saturated carbocycles. The van der Waals surface area contributed by atoms with Crippen molar-refractivity contribution in [1.29, 1.82) is 0 Å². The van der Waals surface area contributed by atoms with Crippen LogP contribution in [0.15, 0.2) is 77.4 Å². The minimum Gasteiger partial charge on any atom is -0.371 e. The zero-order chi connectivity index (χ0) is 23.5. The molecule has 2 aromatic heterocycles. The molecule has 1 N–H and O–H groups in total. The van der Waals surface area contributed by atoms with E-state index in [1.165, 1.54) is 24.1 Å². The molecule has 0 spiro atoms. The van der Waals surface area contributed by atoms with Crippen LogP contribution in [-0.4, -0.2) is 28.4 Å². The molecule has 0 atom stereocenters. The van der Waals surface area contributed by atoms with Gasteiger partial charge in [0.05, 0.1) is 10.2 Å². The lowest BCUT2D eigenvalue weighted by Gasteiger charge is -2.34. The number of rotatable bonds is 6. The summed E-state index contributed by atoms with van der Waals surface area (Å²) in [5.74, 6) is 0.551. The number of nitrogens with zero attached hydrogens (tertiary/aromatic N) is 3. The first kappa shape index (κ1) is 22.7. The smallest absolute Gasteiger partial charge is 0.270 e. The molecule has 0 aliphatic carbocycles. The van der Waals surface area contributed by atoms with Crippen molar-refractivity contribution in [3.63, 3.8) is 0 Å². The molecule has 34 heavy (non-hydrogen) atoms. The molecule has 3 heterocycles. The molecule has 0 unspecified atom stereocenters. The van der Waals surface area contributed by atoms with Crippen molar-refractivity contribution >= 4 is 33.2 Å². The fraction of sp³-hybridized carbons (Fsp3) is 0.286. The van der Waals surface area contributed by atoms with E-state index >= 15 is 0 Å². The van der Waals surface area contributed by atoms with Crippen molar-refractivity contribution in [3.05, 3.63) is 99.9 Å². The number of benzene rings is 2. The molecule has 1 fully saturated rings. The Morgan fingerprint density at radius 2 is 1.76 bits per heavy atom. The SMILES string of the molecule is CCc1nc2c(Br)cccn2c1C(=O)NCc1ccc(N2CCC(c3ccccc3)CC2)cc1. The van der Waals surface area contributed by atoms with Crippen LogP contribution in [0.25, 0.3) is 5.65 Å². The summed E-state index contributed by atoms with van der Waals surface area (Å²) in [6, 6.07) is 23.3. The van der Waals surface area contributed by atoms with Gasteiger partial charge in [0.2, 0.25) is 0 Å². The number of hydrogen-bond donors (Lipinski definition) is 1. The first-order chi connectivity index (χ1) is 16.6. The Balaban J connectivity index is 1.21. The number of imidazole rings is 1. The van der Waals surface area contributed by atoms with Crippen LogP contribution in [0.2, 0.25) is 0 Å². The molecule has 6 heteroatoms. The zero-order valence-corrected chi connectivity index (χ0v) is 21.0. The Morgan fingerprint density at radius 1 is 1.03 bits per heavy atom. The van der Waals surface area contributed by atoms with Gasteiger partial charge in [-0.25, -0.2) is 4.98 Å². The average molecular weight is 517 g/mol. The van der Waals surface area contributed by atoms with Gasteiger partial charge in [-0.15, -0.1) is 0 Å². The number of fused-ring (bicyclic) bond motifs is 1. The molecule has 4 aromatic rings. The molecule has 0 radical (unpaired) electrons. The zero-order valence-electron chi connectivity index (χ0n) is 19.4. The highest BCUT2D eigenvalue weighted by Gasteiger charge is 2.21. The first-order valence-corrected chi connectivity index (χ1v) is 12.8. The number of pyridine rings is 1. The largest absolute Gasteiger partial charge is 0.371 e. The maximum absolute atomic E-state index is 13.1. The number of halogens is 1. The molecule has 1 aliphatic rings.